The van der Waals surface area contributed by atoms with Crippen LogP contribution >= 0.6 is 11.8 Å². The van der Waals surface area contributed by atoms with E-state index in [1.807, 2.05) is 6.07 Å². The van der Waals surface area contributed by atoms with E-state index in [9.17, 15) is 23.2 Å². The monoisotopic (exact) mass is 377 g/mol. The number of amides is 1. The van der Waals surface area contributed by atoms with Gasteiger partial charge in [-0.25, -0.2) is 4.98 Å². The second-order valence-electron chi connectivity index (χ2n) is 5.83. The molecule has 0 spiro atoms. The summed E-state index contributed by atoms with van der Waals surface area (Å²) in [6.07, 6.45) is -1.72. The summed E-state index contributed by atoms with van der Waals surface area (Å²) in [5.41, 5.74) is 1.69. The maximum Gasteiger partial charge on any atom is 0.416 e. The summed E-state index contributed by atoms with van der Waals surface area (Å²) in [5.74, 6) is -0.503. The number of fused-ring (bicyclic) bond motifs is 1. The van der Waals surface area contributed by atoms with Crippen molar-refractivity contribution in [2.75, 3.05) is 11.1 Å². The molecule has 1 aliphatic rings. The van der Waals surface area contributed by atoms with Crippen LogP contribution in [0.25, 0.3) is 0 Å². The number of anilines is 1. The normalized spacial score (nSPS) is 13.2. The van der Waals surface area contributed by atoms with E-state index in [0.29, 0.717) is 10.6 Å². The van der Waals surface area contributed by atoms with Crippen LogP contribution in [-0.4, -0.2) is 16.6 Å². The minimum absolute atomic E-state index is 0.0449. The molecule has 1 amide bonds. The van der Waals surface area contributed by atoms with Gasteiger partial charge in [-0.05, 0) is 49.1 Å². The van der Waals surface area contributed by atoms with E-state index in [2.05, 4.69) is 16.4 Å². The zero-order valence-corrected chi connectivity index (χ0v) is 14.4. The second kappa shape index (κ2) is 7.38. The first-order valence-electron chi connectivity index (χ1n) is 7.89. The molecule has 0 atom stereocenters. The van der Waals surface area contributed by atoms with Crippen molar-refractivity contribution in [3.05, 3.63) is 52.7 Å². The standard InChI is InChI=1S/C18H14F3N3OS/c19-18(20,21)13-4-2-5-14(8-13)23-16(25)10-26-17-12(9-22)7-11-3-1-6-15(11)24-17/h2,4-5,7-8H,1,3,6,10H2,(H,23,25). The SMILES string of the molecule is N#Cc1cc2c(nc1SCC(=O)Nc1cccc(C(F)(F)F)c1)CCC2. The minimum Gasteiger partial charge on any atom is -0.325 e. The van der Waals surface area contributed by atoms with E-state index in [-0.39, 0.29) is 11.4 Å². The largest absolute Gasteiger partial charge is 0.416 e. The van der Waals surface area contributed by atoms with Gasteiger partial charge in [-0.1, -0.05) is 17.8 Å². The zero-order valence-electron chi connectivity index (χ0n) is 13.6. The van der Waals surface area contributed by atoms with E-state index < -0.39 is 17.6 Å². The molecule has 0 aliphatic heterocycles. The molecule has 0 unspecified atom stereocenters. The van der Waals surface area contributed by atoms with Crippen molar-refractivity contribution >= 4 is 23.4 Å². The predicted molar refractivity (Wildman–Crippen MR) is 91.8 cm³/mol. The lowest BCUT2D eigenvalue weighted by molar-refractivity contribution is -0.137. The number of thioether (sulfide) groups is 1. The van der Waals surface area contributed by atoms with Crippen molar-refractivity contribution in [3.63, 3.8) is 0 Å². The van der Waals surface area contributed by atoms with E-state index in [4.69, 9.17) is 0 Å². The Labute approximate surface area is 152 Å². The summed E-state index contributed by atoms with van der Waals surface area (Å²) in [4.78, 5) is 16.5. The predicted octanol–water partition coefficient (Wildman–Crippen LogP) is 4.19. The summed E-state index contributed by atoms with van der Waals surface area (Å²) >= 11 is 1.11. The number of pyridine rings is 1. The molecule has 2 aromatic rings. The number of carbonyl (C=O) groups is 1. The smallest absolute Gasteiger partial charge is 0.325 e. The molecule has 1 heterocycles. The highest BCUT2D eigenvalue weighted by Crippen LogP contribution is 2.31. The van der Waals surface area contributed by atoms with Crippen LogP contribution in [0.5, 0.6) is 0 Å². The third-order valence-electron chi connectivity index (χ3n) is 3.95. The van der Waals surface area contributed by atoms with Crippen molar-refractivity contribution in [3.8, 4) is 6.07 Å². The highest BCUT2D eigenvalue weighted by Gasteiger charge is 2.30. The fourth-order valence-corrected chi connectivity index (χ4v) is 3.52. The van der Waals surface area contributed by atoms with Gasteiger partial charge in [-0.3, -0.25) is 4.79 Å². The molecule has 8 heteroatoms. The van der Waals surface area contributed by atoms with Crippen LogP contribution in [0, 0.1) is 11.3 Å². The van der Waals surface area contributed by atoms with Crippen LogP contribution in [0.4, 0.5) is 18.9 Å². The van der Waals surface area contributed by atoms with Crippen LogP contribution in [0.15, 0.2) is 35.4 Å². The molecule has 0 radical (unpaired) electrons. The molecule has 0 fully saturated rings. The highest BCUT2D eigenvalue weighted by molar-refractivity contribution is 8.00. The third-order valence-corrected chi connectivity index (χ3v) is 4.94. The molecule has 134 valence electrons. The molecule has 0 saturated carbocycles. The number of aryl methyl sites for hydroxylation is 2. The van der Waals surface area contributed by atoms with Crippen molar-refractivity contribution < 1.29 is 18.0 Å². The Morgan fingerprint density at radius 1 is 1.31 bits per heavy atom. The molecule has 3 rings (SSSR count). The van der Waals surface area contributed by atoms with E-state index >= 15 is 0 Å². The first-order chi connectivity index (χ1) is 12.4. The van der Waals surface area contributed by atoms with Gasteiger partial charge < -0.3 is 5.32 Å². The first-order valence-corrected chi connectivity index (χ1v) is 8.88. The average molecular weight is 377 g/mol. The van der Waals surface area contributed by atoms with Gasteiger partial charge in [0.25, 0.3) is 0 Å². The van der Waals surface area contributed by atoms with Crippen LogP contribution in [0.3, 0.4) is 0 Å². The number of aromatic nitrogens is 1. The average Bonchev–Trinajstić information content (AvgIpc) is 3.05. The van der Waals surface area contributed by atoms with Gasteiger partial charge in [0, 0.05) is 11.4 Å². The molecule has 1 aromatic heterocycles. The fourth-order valence-electron chi connectivity index (χ4n) is 2.75. The molecule has 1 N–H and O–H groups in total. The molecule has 4 nitrogen and oxygen atoms in total. The number of nitrogens with one attached hydrogen (secondary N) is 1. The Morgan fingerprint density at radius 2 is 2.12 bits per heavy atom. The number of nitrogens with zero attached hydrogens (tertiary/aromatic N) is 2. The van der Waals surface area contributed by atoms with Gasteiger partial charge in [0.05, 0.1) is 16.9 Å². The number of alkyl halides is 3. The van der Waals surface area contributed by atoms with Gasteiger partial charge in [0.15, 0.2) is 0 Å². The summed E-state index contributed by atoms with van der Waals surface area (Å²) in [7, 11) is 0. The number of benzene rings is 1. The lowest BCUT2D eigenvalue weighted by atomic mass is 10.2. The van der Waals surface area contributed by atoms with E-state index in [0.717, 1.165) is 54.4 Å². The number of rotatable bonds is 4. The van der Waals surface area contributed by atoms with Gasteiger partial charge in [0.2, 0.25) is 5.91 Å². The number of halogens is 3. The van der Waals surface area contributed by atoms with Crippen LogP contribution in [0.1, 0.15) is 28.8 Å². The van der Waals surface area contributed by atoms with Gasteiger partial charge in [-0.2, -0.15) is 18.4 Å². The van der Waals surface area contributed by atoms with E-state index in [1.165, 1.54) is 12.1 Å². The third kappa shape index (κ3) is 4.17. The second-order valence-corrected chi connectivity index (χ2v) is 6.79. The minimum atomic E-state index is -4.47. The lowest BCUT2D eigenvalue weighted by Gasteiger charge is -2.10. The zero-order chi connectivity index (χ0) is 18.7. The molecular weight excluding hydrogens is 363 g/mol. The quantitative estimate of drug-likeness (QED) is 0.812. The van der Waals surface area contributed by atoms with Crippen LogP contribution < -0.4 is 5.32 Å². The Bertz CT molecular complexity index is 890. The number of hydrogen-bond acceptors (Lipinski definition) is 4. The fraction of sp³-hybridized carbons (Fsp3) is 0.278. The van der Waals surface area contributed by atoms with Crippen LogP contribution in [0.2, 0.25) is 0 Å². The maximum absolute atomic E-state index is 12.7. The highest BCUT2D eigenvalue weighted by atomic mass is 32.2. The first kappa shape index (κ1) is 18.3. The number of carbonyl (C=O) groups excluding carboxylic acids is 1. The topological polar surface area (TPSA) is 65.8 Å². The van der Waals surface area contributed by atoms with Gasteiger partial charge >= 0.3 is 6.18 Å². The Morgan fingerprint density at radius 3 is 2.85 bits per heavy atom. The van der Waals surface area contributed by atoms with Crippen molar-refractivity contribution in [1.29, 1.82) is 5.26 Å². The van der Waals surface area contributed by atoms with Gasteiger partial charge in [-0.15, -0.1) is 0 Å². The lowest BCUT2D eigenvalue weighted by Crippen LogP contribution is -2.15. The summed E-state index contributed by atoms with van der Waals surface area (Å²) in [6.45, 7) is 0. The van der Waals surface area contributed by atoms with Crippen LogP contribution in [-0.2, 0) is 23.8 Å². The maximum atomic E-state index is 12.7. The summed E-state index contributed by atoms with van der Waals surface area (Å²) in [5, 5.41) is 12.2. The molecule has 1 aliphatic carbocycles. The summed E-state index contributed by atoms with van der Waals surface area (Å²) < 4.78 is 38.1. The van der Waals surface area contributed by atoms with Crippen molar-refractivity contribution in [1.82, 2.24) is 4.98 Å². The van der Waals surface area contributed by atoms with Crippen molar-refractivity contribution in [2.45, 2.75) is 30.5 Å². The van der Waals surface area contributed by atoms with E-state index in [1.54, 1.807) is 0 Å². The Hall–Kier alpha value is -2.53. The number of nitriles is 1. The van der Waals surface area contributed by atoms with Gasteiger partial charge in [0.1, 0.15) is 11.1 Å². The van der Waals surface area contributed by atoms with Crippen molar-refractivity contribution in [2.24, 2.45) is 0 Å². The Balaban J connectivity index is 1.66. The molecule has 0 saturated heterocycles. The molecule has 1 aromatic carbocycles. The number of hydrogen-bond donors (Lipinski definition) is 1. The Kier molecular flexibility index (Phi) is 5.18. The molecular formula is C18H14F3N3OS. The molecule has 26 heavy (non-hydrogen) atoms. The molecule has 0 bridgehead atoms. The summed E-state index contributed by atoms with van der Waals surface area (Å²) in [6, 6.07) is 8.35.